The molecule has 0 N–H and O–H groups in total. The van der Waals surface area contributed by atoms with E-state index in [9.17, 15) is 0 Å². The molecule has 0 spiro atoms. The monoisotopic (exact) mass is 682 g/mol. The SMILES string of the molecule is c1ccc(-c2ccccc2-c2c3ccccc3c(-c3cccc4ccccc34)c3cc(-c4c5ccccc5cc5c4ccc4ccccc45)ccc23)cc1. The number of hydrogen-bond donors (Lipinski definition) is 0. The van der Waals surface area contributed by atoms with Crippen LogP contribution in [0, 0.1) is 0 Å². The first-order valence-electron chi connectivity index (χ1n) is 18.8. The lowest BCUT2D eigenvalue weighted by molar-refractivity contribution is 1.61. The van der Waals surface area contributed by atoms with Crippen molar-refractivity contribution in [2.75, 3.05) is 0 Å². The zero-order chi connectivity index (χ0) is 35.6. The van der Waals surface area contributed by atoms with Gasteiger partial charge >= 0.3 is 0 Å². The second-order valence-corrected chi connectivity index (χ2v) is 14.3. The van der Waals surface area contributed by atoms with Gasteiger partial charge in [-0.15, -0.1) is 0 Å². The highest BCUT2D eigenvalue weighted by molar-refractivity contribution is 6.26. The fourth-order valence-corrected chi connectivity index (χ4v) is 9.06. The van der Waals surface area contributed by atoms with Crippen LogP contribution in [0.4, 0.5) is 0 Å². The van der Waals surface area contributed by atoms with Gasteiger partial charge in [-0.05, 0) is 121 Å². The molecule has 11 aromatic carbocycles. The van der Waals surface area contributed by atoms with Crippen molar-refractivity contribution in [3.63, 3.8) is 0 Å². The Labute approximate surface area is 314 Å². The van der Waals surface area contributed by atoms with E-state index in [1.54, 1.807) is 0 Å². The molecule has 0 saturated carbocycles. The van der Waals surface area contributed by atoms with Crippen molar-refractivity contribution in [3.8, 4) is 44.5 Å². The third kappa shape index (κ3) is 4.71. The maximum atomic E-state index is 2.49. The van der Waals surface area contributed by atoms with Crippen LogP contribution in [0.15, 0.2) is 206 Å². The quantitative estimate of drug-likeness (QED) is 0.128. The first-order chi connectivity index (χ1) is 26.8. The third-order valence-corrected chi connectivity index (χ3v) is 11.4. The van der Waals surface area contributed by atoms with Crippen molar-refractivity contribution >= 4 is 64.6 Å². The Bertz CT molecular complexity index is 3250. The highest BCUT2D eigenvalue weighted by Gasteiger charge is 2.21. The highest BCUT2D eigenvalue weighted by Crippen LogP contribution is 2.49. The van der Waals surface area contributed by atoms with Crippen molar-refractivity contribution in [1.82, 2.24) is 0 Å². The molecule has 0 nitrogen and oxygen atoms in total. The molecule has 0 amide bonds. The highest BCUT2D eigenvalue weighted by atomic mass is 14.2. The van der Waals surface area contributed by atoms with Gasteiger partial charge in [-0.1, -0.05) is 194 Å². The zero-order valence-corrected chi connectivity index (χ0v) is 29.6. The molecular weight excluding hydrogens is 649 g/mol. The van der Waals surface area contributed by atoms with Crippen molar-refractivity contribution < 1.29 is 0 Å². The number of fused-ring (bicyclic) bond motifs is 7. The summed E-state index contributed by atoms with van der Waals surface area (Å²) in [6.45, 7) is 0. The fourth-order valence-electron chi connectivity index (χ4n) is 9.06. The fraction of sp³-hybridized carbons (Fsp3) is 0. The lowest BCUT2D eigenvalue weighted by Gasteiger charge is -2.22. The molecule has 0 unspecified atom stereocenters. The summed E-state index contributed by atoms with van der Waals surface area (Å²) in [5, 5.41) is 15.1. The summed E-state index contributed by atoms with van der Waals surface area (Å²) in [6.07, 6.45) is 0. The van der Waals surface area contributed by atoms with E-state index in [0.717, 1.165) is 0 Å². The third-order valence-electron chi connectivity index (χ3n) is 11.4. The van der Waals surface area contributed by atoms with E-state index < -0.39 is 0 Å². The van der Waals surface area contributed by atoms with Crippen LogP contribution in [0.25, 0.3) is 109 Å². The summed E-state index contributed by atoms with van der Waals surface area (Å²) in [5.74, 6) is 0. The first-order valence-corrected chi connectivity index (χ1v) is 18.8. The molecular formula is C54H34. The largest absolute Gasteiger partial charge is 0.0622 e. The smallest absolute Gasteiger partial charge is 0.00199 e. The maximum Gasteiger partial charge on any atom is -0.00199 e. The molecule has 0 bridgehead atoms. The van der Waals surface area contributed by atoms with Gasteiger partial charge in [0, 0.05) is 0 Å². The van der Waals surface area contributed by atoms with Crippen LogP contribution in [0.2, 0.25) is 0 Å². The summed E-state index contributed by atoms with van der Waals surface area (Å²) < 4.78 is 0. The van der Waals surface area contributed by atoms with Gasteiger partial charge in [-0.2, -0.15) is 0 Å². The second-order valence-electron chi connectivity index (χ2n) is 14.3. The predicted octanol–water partition coefficient (Wildman–Crippen LogP) is 15.3. The average molecular weight is 683 g/mol. The molecule has 0 saturated heterocycles. The van der Waals surface area contributed by atoms with Crippen LogP contribution in [0.3, 0.4) is 0 Å². The molecule has 0 aliphatic heterocycles. The Kier molecular flexibility index (Phi) is 6.97. The molecule has 11 aromatic rings. The minimum atomic E-state index is 1.22. The number of rotatable bonds is 4. The average Bonchev–Trinajstić information content (AvgIpc) is 3.24. The number of hydrogen-bond acceptors (Lipinski definition) is 0. The van der Waals surface area contributed by atoms with E-state index >= 15 is 0 Å². The Hall–Kier alpha value is -7.02. The van der Waals surface area contributed by atoms with Gasteiger partial charge < -0.3 is 0 Å². The molecule has 0 aromatic heterocycles. The Morgan fingerprint density at radius 3 is 1.46 bits per heavy atom. The van der Waals surface area contributed by atoms with E-state index in [1.165, 1.54) is 109 Å². The maximum absolute atomic E-state index is 2.49. The van der Waals surface area contributed by atoms with Crippen LogP contribution in [-0.2, 0) is 0 Å². The van der Waals surface area contributed by atoms with Crippen molar-refractivity contribution in [2.24, 2.45) is 0 Å². The van der Waals surface area contributed by atoms with Gasteiger partial charge in [0.15, 0.2) is 0 Å². The first kappa shape index (κ1) is 30.6. The lowest BCUT2D eigenvalue weighted by Crippen LogP contribution is -1.94. The van der Waals surface area contributed by atoms with Crippen molar-refractivity contribution in [3.05, 3.63) is 206 Å². The van der Waals surface area contributed by atoms with Crippen LogP contribution in [0.1, 0.15) is 0 Å². The molecule has 0 atom stereocenters. The van der Waals surface area contributed by atoms with Crippen LogP contribution < -0.4 is 0 Å². The van der Waals surface area contributed by atoms with Crippen LogP contribution in [-0.4, -0.2) is 0 Å². The molecule has 0 radical (unpaired) electrons. The van der Waals surface area contributed by atoms with Gasteiger partial charge in [-0.3, -0.25) is 0 Å². The normalized spacial score (nSPS) is 11.7. The molecule has 250 valence electrons. The molecule has 0 aliphatic carbocycles. The molecule has 0 fully saturated rings. The van der Waals surface area contributed by atoms with Gasteiger partial charge in [-0.25, -0.2) is 0 Å². The summed E-state index contributed by atoms with van der Waals surface area (Å²) >= 11 is 0. The zero-order valence-electron chi connectivity index (χ0n) is 29.6. The van der Waals surface area contributed by atoms with E-state index in [2.05, 4.69) is 206 Å². The summed E-state index contributed by atoms with van der Waals surface area (Å²) in [4.78, 5) is 0. The molecule has 54 heavy (non-hydrogen) atoms. The summed E-state index contributed by atoms with van der Waals surface area (Å²) in [6, 6.07) is 76.2. The Balaban J connectivity index is 1.32. The van der Waals surface area contributed by atoms with Gasteiger partial charge in [0.1, 0.15) is 0 Å². The Morgan fingerprint density at radius 2 is 0.685 bits per heavy atom. The summed E-state index contributed by atoms with van der Waals surface area (Å²) in [7, 11) is 0. The minimum Gasteiger partial charge on any atom is -0.0622 e. The molecule has 0 aliphatic rings. The van der Waals surface area contributed by atoms with E-state index in [-0.39, 0.29) is 0 Å². The predicted molar refractivity (Wildman–Crippen MR) is 233 cm³/mol. The van der Waals surface area contributed by atoms with Crippen molar-refractivity contribution in [1.29, 1.82) is 0 Å². The molecule has 11 rings (SSSR count). The van der Waals surface area contributed by atoms with Gasteiger partial charge in [0.2, 0.25) is 0 Å². The van der Waals surface area contributed by atoms with E-state index in [0.29, 0.717) is 0 Å². The topological polar surface area (TPSA) is 0 Å². The van der Waals surface area contributed by atoms with Gasteiger partial charge in [0.25, 0.3) is 0 Å². The van der Waals surface area contributed by atoms with E-state index in [1.807, 2.05) is 0 Å². The minimum absolute atomic E-state index is 1.22. The summed E-state index contributed by atoms with van der Waals surface area (Å²) in [5.41, 5.74) is 9.98. The lowest BCUT2D eigenvalue weighted by atomic mass is 9.81. The van der Waals surface area contributed by atoms with Crippen LogP contribution in [0.5, 0.6) is 0 Å². The standard InChI is InChI=1S/C54H34/c1-2-15-35(16-3-1)40-22-10-11-25-44(40)53-46-26-12-13-27-47(46)54(45-28-14-20-36-17-4-7-21-41(36)45)51-34-39(30-32-49(51)53)52-43-24-9-6-19-38(43)33-50-42-23-8-5-18-37(42)29-31-48(50)52/h1-34H. The number of benzene rings is 11. The second kappa shape index (κ2) is 12.3. The molecule has 0 heteroatoms. The van der Waals surface area contributed by atoms with Gasteiger partial charge in [0.05, 0.1) is 0 Å². The van der Waals surface area contributed by atoms with E-state index in [4.69, 9.17) is 0 Å². The Morgan fingerprint density at radius 1 is 0.185 bits per heavy atom. The van der Waals surface area contributed by atoms with Crippen molar-refractivity contribution in [2.45, 2.75) is 0 Å². The molecule has 0 heterocycles. The van der Waals surface area contributed by atoms with Crippen LogP contribution >= 0.6 is 0 Å².